The van der Waals surface area contributed by atoms with E-state index in [9.17, 15) is 14.0 Å². The summed E-state index contributed by atoms with van der Waals surface area (Å²) in [6, 6.07) is 4.43. The Labute approximate surface area is 140 Å². The highest BCUT2D eigenvalue weighted by Gasteiger charge is 2.29. The van der Waals surface area contributed by atoms with Gasteiger partial charge in [-0.3, -0.25) is 14.9 Å². The first-order chi connectivity index (χ1) is 11.6. The minimum absolute atomic E-state index is 0.0147. The van der Waals surface area contributed by atoms with Crippen molar-refractivity contribution < 1.29 is 18.7 Å². The molecule has 130 valence electrons. The Bertz CT molecular complexity index is 638. The maximum atomic E-state index is 14.6. The zero-order valence-electron chi connectivity index (χ0n) is 13.6. The van der Waals surface area contributed by atoms with E-state index < -0.39 is 6.04 Å². The molecule has 2 heterocycles. The molecular formula is C17H22FN3O3. The van der Waals surface area contributed by atoms with Crippen LogP contribution in [0.2, 0.25) is 0 Å². The number of piperidine rings is 2. The molecule has 0 aliphatic carbocycles. The summed E-state index contributed by atoms with van der Waals surface area (Å²) in [5.41, 5.74) is 1.17. The lowest BCUT2D eigenvalue weighted by molar-refractivity contribution is -0.133. The van der Waals surface area contributed by atoms with Gasteiger partial charge in [0.2, 0.25) is 11.8 Å². The van der Waals surface area contributed by atoms with Crippen molar-refractivity contribution in [1.29, 1.82) is 0 Å². The average Bonchev–Trinajstić information content (AvgIpc) is 2.58. The van der Waals surface area contributed by atoms with E-state index in [1.807, 2.05) is 0 Å². The molecule has 24 heavy (non-hydrogen) atoms. The standard InChI is InChI=1S/C17H22FN3O3/c1-24-15-9-19-7-6-12(15)11-3-2-10(8-13(11)18)20-14-4-5-16(22)21-17(14)23/h2-3,8,12,14-15,19-20H,4-7,9H2,1H3,(H,21,22,23)/t12-,14+,15+/m1/s1. The molecule has 2 aliphatic rings. The Morgan fingerprint density at radius 2 is 2.12 bits per heavy atom. The molecule has 2 amide bonds. The van der Waals surface area contributed by atoms with Gasteiger partial charge in [-0.1, -0.05) is 6.07 Å². The largest absolute Gasteiger partial charge is 0.379 e. The van der Waals surface area contributed by atoms with Gasteiger partial charge in [0.1, 0.15) is 11.9 Å². The van der Waals surface area contributed by atoms with Gasteiger partial charge in [-0.15, -0.1) is 0 Å². The van der Waals surface area contributed by atoms with Gasteiger partial charge in [0.15, 0.2) is 0 Å². The van der Waals surface area contributed by atoms with Gasteiger partial charge in [0.05, 0.1) is 6.10 Å². The van der Waals surface area contributed by atoms with Gasteiger partial charge in [-0.05, 0) is 37.1 Å². The molecule has 1 aromatic carbocycles. The van der Waals surface area contributed by atoms with E-state index in [2.05, 4.69) is 16.0 Å². The Balaban J connectivity index is 1.72. The average molecular weight is 335 g/mol. The van der Waals surface area contributed by atoms with Crippen molar-refractivity contribution in [2.45, 2.75) is 37.3 Å². The Kier molecular flexibility index (Phi) is 5.11. The molecule has 2 saturated heterocycles. The third kappa shape index (κ3) is 3.57. The second-order valence-electron chi connectivity index (χ2n) is 6.26. The Morgan fingerprint density at radius 1 is 1.29 bits per heavy atom. The van der Waals surface area contributed by atoms with Crippen LogP contribution in [0.4, 0.5) is 10.1 Å². The summed E-state index contributed by atoms with van der Waals surface area (Å²) < 4.78 is 20.0. The molecule has 3 atom stereocenters. The molecule has 3 rings (SSSR count). The number of carbonyl (C=O) groups is 2. The zero-order valence-corrected chi connectivity index (χ0v) is 13.6. The summed E-state index contributed by atoms with van der Waals surface area (Å²) in [6.45, 7) is 1.54. The molecule has 0 unspecified atom stereocenters. The zero-order chi connectivity index (χ0) is 17.1. The molecule has 0 bridgehead atoms. The van der Waals surface area contributed by atoms with Crippen LogP contribution in [-0.4, -0.2) is 44.2 Å². The number of imide groups is 1. The monoisotopic (exact) mass is 335 g/mol. The van der Waals surface area contributed by atoms with E-state index in [4.69, 9.17) is 4.74 Å². The van der Waals surface area contributed by atoms with Crippen LogP contribution < -0.4 is 16.0 Å². The number of hydrogen-bond donors (Lipinski definition) is 3. The van der Waals surface area contributed by atoms with Gasteiger partial charge < -0.3 is 15.4 Å². The number of anilines is 1. The van der Waals surface area contributed by atoms with Crippen molar-refractivity contribution in [3.63, 3.8) is 0 Å². The van der Waals surface area contributed by atoms with E-state index >= 15 is 0 Å². The predicted molar refractivity (Wildman–Crippen MR) is 87.2 cm³/mol. The van der Waals surface area contributed by atoms with Crippen molar-refractivity contribution in [1.82, 2.24) is 10.6 Å². The van der Waals surface area contributed by atoms with Crippen molar-refractivity contribution >= 4 is 17.5 Å². The molecule has 2 fully saturated rings. The molecule has 1 aromatic rings. The van der Waals surface area contributed by atoms with Gasteiger partial charge in [0.25, 0.3) is 0 Å². The van der Waals surface area contributed by atoms with E-state index in [0.717, 1.165) is 13.0 Å². The SMILES string of the molecule is CO[C@H]1CNCC[C@@H]1c1ccc(N[C@H]2CCC(=O)NC2=O)cc1F. The van der Waals surface area contributed by atoms with E-state index in [1.54, 1.807) is 19.2 Å². The molecule has 0 aromatic heterocycles. The fourth-order valence-corrected chi connectivity index (χ4v) is 3.38. The minimum Gasteiger partial charge on any atom is -0.379 e. The topological polar surface area (TPSA) is 79.5 Å². The van der Waals surface area contributed by atoms with Crippen LogP contribution in [0.5, 0.6) is 0 Å². The second kappa shape index (κ2) is 7.27. The number of methoxy groups -OCH3 is 1. The van der Waals surface area contributed by atoms with E-state index in [0.29, 0.717) is 24.2 Å². The molecular weight excluding hydrogens is 313 g/mol. The van der Waals surface area contributed by atoms with Crippen molar-refractivity contribution in [3.05, 3.63) is 29.6 Å². The predicted octanol–water partition coefficient (Wildman–Crippen LogP) is 1.13. The van der Waals surface area contributed by atoms with Crippen LogP contribution in [0.25, 0.3) is 0 Å². The molecule has 7 heteroatoms. The van der Waals surface area contributed by atoms with E-state index in [-0.39, 0.29) is 36.1 Å². The Hall–Kier alpha value is -1.99. The van der Waals surface area contributed by atoms with Crippen LogP contribution in [0.15, 0.2) is 18.2 Å². The lowest BCUT2D eigenvalue weighted by atomic mass is 9.87. The van der Waals surface area contributed by atoms with Crippen LogP contribution in [0.3, 0.4) is 0 Å². The Morgan fingerprint density at radius 3 is 2.83 bits per heavy atom. The van der Waals surface area contributed by atoms with Gasteiger partial charge in [-0.2, -0.15) is 0 Å². The van der Waals surface area contributed by atoms with Gasteiger partial charge in [0, 0.05) is 31.7 Å². The van der Waals surface area contributed by atoms with Crippen LogP contribution in [0, 0.1) is 5.82 Å². The van der Waals surface area contributed by atoms with Crippen molar-refractivity contribution in [3.8, 4) is 0 Å². The smallest absolute Gasteiger partial charge is 0.249 e. The summed E-state index contributed by atoms with van der Waals surface area (Å²) >= 11 is 0. The number of ether oxygens (including phenoxy) is 1. The maximum Gasteiger partial charge on any atom is 0.249 e. The fourth-order valence-electron chi connectivity index (χ4n) is 3.38. The number of rotatable bonds is 4. The molecule has 3 N–H and O–H groups in total. The lowest BCUT2D eigenvalue weighted by Crippen LogP contribution is -2.47. The second-order valence-corrected chi connectivity index (χ2v) is 6.26. The summed E-state index contributed by atoms with van der Waals surface area (Å²) in [6.07, 6.45) is 1.46. The lowest BCUT2D eigenvalue weighted by Gasteiger charge is -2.31. The third-order valence-electron chi connectivity index (χ3n) is 4.71. The van der Waals surface area contributed by atoms with Crippen LogP contribution in [0.1, 0.15) is 30.7 Å². The first kappa shape index (κ1) is 16.9. The molecule has 6 nitrogen and oxygen atoms in total. The third-order valence-corrected chi connectivity index (χ3v) is 4.71. The molecule has 2 aliphatic heterocycles. The number of nitrogens with one attached hydrogen (secondary N) is 3. The normalized spacial score (nSPS) is 27.7. The summed E-state index contributed by atoms with van der Waals surface area (Å²) in [5.74, 6) is -0.924. The summed E-state index contributed by atoms with van der Waals surface area (Å²) in [5, 5.41) is 8.53. The highest BCUT2D eigenvalue weighted by molar-refractivity contribution is 6.01. The number of benzene rings is 1. The quantitative estimate of drug-likeness (QED) is 0.719. The number of amides is 2. The fraction of sp³-hybridized carbons (Fsp3) is 0.529. The highest BCUT2D eigenvalue weighted by Crippen LogP contribution is 2.31. The molecule has 0 radical (unpaired) electrons. The summed E-state index contributed by atoms with van der Waals surface area (Å²) in [7, 11) is 1.64. The van der Waals surface area contributed by atoms with Gasteiger partial charge >= 0.3 is 0 Å². The number of carbonyl (C=O) groups excluding carboxylic acids is 2. The van der Waals surface area contributed by atoms with Crippen LogP contribution in [-0.2, 0) is 14.3 Å². The first-order valence-electron chi connectivity index (χ1n) is 8.21. The van der Waals surface area contributed by atoms with E-state index in [1.165, 1.54) is 6.07 Å². The van der Waals surface area contributed by atoms with Crippen molar-refractivity contribution in [2.24, 2.45) is 0 Å². The number of hydrogen-bond acceptors (Lipinski definition) is 5. The van der Waals surface area contributed by atoms with Crippen molar-refractivity contribution in [2.75, 3.05) is 25.5 Å². The highest BCUT2D eigenvalue weighted by atomic mass is 19.1. The maximum absolute atomic E-state index is 14.6. The molecule has 0 saturated carbocycles. The number of halogens is 1. The first-order valence-corrected chi connectivity index (χ1v) is 8.21. The van der Waals surface area contributed by atoms with Gasteiger partial charge in [-0.25, -0.2) is 4.39 Å². The molecule has 0 spiro atoms. The van der Waals surface area contributed by atoms with Crippen LogP contribution >= 0.6 is 0 Å². The minimum atomic E-state index is -0.515. The summed E-state index contributed by atoms with van der Waals surface area (Å²) in [4.78, 5) is 22.9.